The van der Waals surface area contributed by atoms with Crippen molar-refractivity contribution in [2.75, 3.05) is 0 Å². The van der Waals surface area contributed by atoms with E-state index in [4.69, 9.17) is 8.83 Å². The minimum absolute atomic E-state index is 0.171. The lowest BCUT2D eigenvalue weighted by atomic mass is 10.2. The van der Waals surface area contributed by atoms with Crippen LogP contribution in [0.15, 0.2) is 80.4 Å². The summed E-state index contributed by atoms with van der Waals surface area (Å²) in [5.41, 5.74) is 1.58. The molecule has 154 valence electrons. The number of hydrogen-bond donors (Lipinski definition) is 1. The Labute approximate surface area is 179 Å². The summed E-state index contributed by atoms with van der Waals surface area (Å²) in [5, 5.41) is 7.59. The molecule has 0 radical (unpaired) electrons. The van der Waals surface area contributed by atoms with Crippen LogP contribution in [0.1, 0.15) is 5.76 Å². The van der Waals surface area contributed by atoms with Crippen LogP contribution < -0.4 is 11.1 Å². The molecule has 0 saturated heterocycles. The van der Waals surface area contributed by atoms with Gasteiger partial charge in [0.25, 0.3) is 0 Å². The molecule has 0 bridgehead atoms. The van der Waals surface area contributed by atoms with Crippen LogP contribution in [-0.2, 0) is 17.9 Å². The van der Waals surface area contributed by atoms with Gasteiger partial charge in [0.15, 0.2) is 10.8 Å². The molecule has 0 saturated carbocycles. The highest BCUT2D eigenvalue weighted by Gasteiger charge is 2.14. The maximum Gasteiger partial charge on any atom is 0.437 e. The molecular weight excluding hydrogens is 416 g/mol. The molecule has 0 unspecified atom stereocenters. The Morgan fingerprint density at radius 2 is 1.81 bits per heavy atom. The van der Waals surface area contributed by atoms with Gasteiger partial charge >= 0.3 is 5.76 Å². The lowest BCUT2D eigenvalue weighted by Gasteiger charge is -2.02. The fraction of sp³-hybridized carbons (Fsp3) is 0.0909. The van der Waals surface area contributed by atoms with Gasteiger partial charge in [-0.25, -0.2) is 9.78 Å². The normalized spacial score (nSPS) is 11.1. The SMILES string of the molecule is O=C(Cn1nc(-c2ccccc2)oc1=O)NCc1ccc(-c2nc3ccccc3s2)o1. The Morgan fingerprint density at radius 3 is 2.65 bits per heavy atom. The number of carbonyl (C=O) groups is 1. The summed E-state index contributed by atoms with van der Waals surface area (Å²) in [6.07, 6.45) is 0. The third-order valence-electron chi connectivity index (χ3n) is 4.55. The molecule has 0 aliphatic carbocycles. The molecule has 8 nitrogen and oxygen atoms in total. The van der Waals surface area contributed by atoms with Gasteiger partial charge in [-0.15, -0.1) is 16.4 Å². The quantitative estimate of drug-likeness (QED) is 0.439. The van der Waals surface area contributed by atoms with Crippen molar-refractivity contribution in [1.82, 2.24) is 20.1 Å². The predicted octanol–water partition coefficient (Wildman–Crippen LogP) is 3.69. The van der Waals surface area contributed by atoms with Crippen LogP contribution >= 0.6 is 11.3 Å². The zero-order valence-electron chi connectivity index (χ0n) is 16.1. The lowest BCUT2D eigenvalue weighted by molar-refractivity contribution is -0.122. The number of carbonyl (C=O) groups excluding carboxylic acids is 1. The third kappa shape index (κ3) is 4.03. The first kappa shape index (κ1) is 19.0. The van der Waals surface area contributed by atoms with Crippen molar-refractivity contribution in [2.24, 2.45) is 0 Å². The summed E-state index contributed by atoms with van der Waals surface area (Å²) in [5.74, 6) is 0.328. The number of aromatic nitrogens is 3. The average Bonchev–Trinajstić information content (AvgIpc) is 3.51. The molecule has 2 aromatic carbocycles. The van der Waals surface area contributed by atoms with Crippen LogP contribution in [0.5, 0.6) is 0 Å². The minimum Gasteiger partial charge on any atom is -0.457 e. The largest absolute Gasteiger partial charge is 0.457 e. The highest BCUT2D eigenvalue weighted by Crippen LogP contribution is 2.31. The van der Waals surface area contributed by atoms with E-state index in [2.05, 4.69) is 15.4 Å². The Bertz CT molecular complexity index is 1380. The van der Waals surface area contributed by atoms with Crippen molar-refractivity contribution < 1.29 is 13.6 Å². The number of para-hydroxylation sites is 1. The van der Waals surface area contributed by atoms with Crippen LogP contribution in [0.4, 0.5) is 0 Å². The monoisotopic (exact) mass is 432 g/mol. The second-order valence-electron chi connectivity index (χ2n) is 6.73. The van der Waals surface area contributed by atoms with Crippen LogP contribution in [0, 0.1) is 0 Å². The van der Waals surface area contributed by atoms with E-state index in [1.54, 1.807) is 29.5 Å². The van der Waals surface area contributed by atoms with Crippen LogP contribution in [0.3, 0.4) is 0 Å². The van der Waals surface area contributed by atoms with Crippen molar-refractivity contribution in [3.63, 3.8) is 0 Å². The summed E-state index contributed by atoms with van der Waals surface area (Å²) in [6.45, 7) is -0.0670. The van der Waals surface area contributed by atoms with Gasteiger partial charge in [-0.1, -0.05) is 30.3 Å². The first-order valence-electron chi connectivity index (χ1n) is 9.50. The predicted molar refractivity (Wildman–Crippen MR) is 115 cm³/mol. The van der Waals surface area contributed by atoms with E-state index < -0.39 is 5.76 Å². The smallest absolute Gasteiger partial charge is 0.437 e. The summed E-state index contributed by atoms with van der Waals surface area (Å²) in [4.78, 5) is 28.8. The van der Waals surface area contributed by atoms with E-state index in [0.717, 1.165) is 19.9 Å². The number of rotatable bonds is 6. The molecule has 0 spiro atoms. The second-order valence-corrected chi connectivity index (χ2v) is 7.76. The maximum absolute atomic E-state index is 12.3. The Balaban J connectivity index is 1.22. The highest BCUT2D eigenvalue weighted by atomic mass is 32.1. The zero-order valence-corrected chi connectivity index (χ0v) is 17.0. The second kappa shape index (κ2) is 8.04. The summed E-state index contributed by atoms with van der Waals surface area (Å²) in [6, 6.07) is 20.5. The molecule has 5 rings (SSSR count). The fourth-order valence-electron chi connectivity index (χ4n) is 3.05. The Morgan fingerprint density at radius 1 is 1.00 bits per heavy atom. The maximum atomic E-state index is 12.3. The van der Waals surface area contributed by atoms with Crippen LogP contribution in [-0.4, -0.2) is 20.7 Å². The molecule has 0 aliphatic rings. The first-order chi connectivity index (χ1) is 15.2. The third-order valence-corrected chi connectivity index (χ3v) is 5.60. The van der Waals surface area contributed by atoms with E-state index >= 15 is 0 Å². The van der Waals surface area contributed by atoms with E-state index in [1.807, 2.05) is 48.5 Å². The summed E-state index contributed by atoms with van der Waals surface area (Å²) >= 11 is 1.54. The van der Waals surface area contributed by atoms with Crippen LogP contribution in [0.25, 0.3) is 32.4 Å². The van der Waals surface area contributed by atoms with Crippen molar-refractivity contribution in [3.05, 3.63) is 83.0 Å². The molecule has 0 aliphatic heterocycles. The number of benzene rings is 2. The summed E-state index contributed by atoms with van der Waals surface area (Å²) < 4.78 is 13.0. The van der Waals surface area contributed by atoms with Gasteiger partial charge in [-0.3, -0.25) is 4.79 Å². The Kier molecular flexibility index (Phi) is 4.93. The topological polar surface area (TPSA) is 103 Å². The van der Waals surface area contributed by atoms with Gasteiger partial charge in [-0.05, 0) is 36.4 Å². The van der Waals surface area contributed by atoms with E-state index in [1.165, 1.54) is 0 Å². The number of furan rings is 1. The van der Waals surface area contributed by atoms with Gasteiger partial charge in [0.05, 0.1) is 16.8 Å². The number of nitrogens with zero attached hydrogens (tertiary/aromatic N) is 3. The van der Waals surface area contributed by atoms with Crippen molar-refractivity contribution in [3.8, 4) is 22.2 Å². The van der Waals surface area contributed by atoms with E-state index in [-0.39, 0.29) is 24.9 Å². The molecule has 1 amide bonds. The van der Waals surface area contributed by atoms with Gasteiger partial charge in [0, 0.05) is 5.56 Å². The standard InChI is InChI=1S/C22H16N4O4S/c27-19(13-26-22(28)30-20(25-26)14-6-2-1-3-7-14)23-12-15-10-11-17(29-15)21-24-16-8-4-5-9-18(16)31-21/h1-11H,12-13H2,(H,23,27). The number of amides is 1. The van der Waals surface area contributed by atoms with E-state index in [9.17, 15) is 9.59 Å². The van der Waals surface area contributed by atoms with E-state index in [0.29, 0.717) is 17.1 Å². The number of nitrogens with one attached hydrogen (secondary N) is 1. The number of thiazole rings is 1. The van der Waals surface area contributed by atoms with Crippen LogP contribution in [0.2, 0.25) is 0 Å². The fourth-order valence-corrected chi connectivity index (χ4v) is 3.97. The Hall–Kier alpha value is -3.98. The average molecular weight is 432 g/mol. The highest BCUT2D eigenvalue weighted by molar-refractivity contribution is 7.21. The molecule has 31 heavy (non-hydrogen) atoms. The van der Waals surface area contributed by atoms with Gasteiger partial charge in [0.1, 0.15) is 12.3 Å². The molecule has 9 heteroatoms. The van der Waals surface area contributed by atoms with Gasteiger partial charge in [-0.2, -0.15) is 4.68 Å². The minimum atomic E-state index is -0.690. The summed E-state index contributed by atoms with van der Waals surface area (Å²) in [7, 11) is 0. The molecule has 3 aromatic heterocycles. The van der Waals surface area contributed by atoms with Gasteiger partial charge in [0.2, 0.25) is 11.8 Å². The van der Waals surface area contributed by atoms with Crippen molar-refractivity contribution in [1.29, 1.82) is 0 Å². The van der Waals surface area contributed by atoms with Crippen molar-refractivity contribution in [2.45, 2.75) is 13.1 Å². The molecular formula is C22H16N4O4S. The number of hydrogen-bond acceptors (Lipinski definition) is 7. The molecule has 0 atom stereocenters. The molecule has 5 aromatic rings. The number of fused-ring (bicyclic) bond motifs is 1. The lowest BCUT2D eigenvalue weighted by Crippen LogP contribution is -2.31. The molecule has 0 fully saturated rings. The molecule has 3 heterocycles. The first-order valence-corrected chi connectivity index (χ1v) is 10.3. The van der Waals surface area contributed by atoms with Gasteiger partial charge < -0.3 is 14.2 Å². The van der Waals surface area contributed by atoms with Crippen molar-refractivity contribution >= 4 is 27.5 Å². The zero-order chi connectivity index (χ0) is 21.2. The molecule has 1 N–H and O–H groups in total.